The molecule has 67 heavy (non-hydrogen) atoms. The van der Waals surface area contributed by atoms with Crippen LogP contribution in [0.3, 0.4) is 0 Å². The van der Waals surface area contributed by atoms with Crippen molar-refractivity contribution in [1.29, 1.82) is 0 Å². The molecule has 0 atom stereocenters. The predicted octanol–water partition coefficient (Wildman–Crippen LogP) is 18.2. The van der Waals surface area contributed by atoms with Crippen molar-refractivity contribution in [3.63, 3.8) is 0 Å². The summed E-state index contributed by atoms with van der Waals surface area (Å²) in [5.74, 6) is 0. The molecule has 0 nitrogen and oxygen atoms in total. The minimum absolute atomic E-state index is 0.0453. The van der Waals surface area contributed by atoms with Gasteiger partial charge in [0.15, 0.2) is 0 Å². The smallest absolute Gasteiger partial charge is 0.0159 e. The van der Waals surface area contributed by atoms with Crippen molar-refractivity contribution < 1.29 is 0 Å². The number of rotatable bonds is 3. The van der Waals surface area contributed by atoms with E-state index in [9.17, 15) is 0 Å². The van der Waals surface area contributed by atoms with E-state index in [1.54, 1.807) is 0 Å². The zero-order valence-electron chi connectivity index (χ0n) is 39.0. The zero-order chi connectivity index (χ0) is 45.1. The fourth-order valence-corrected chi connectivity index (χ4v) is 13.2. The highest BCUT2D eigenvalue weighted by molar-refractivity contribution is 6.30. The van der Waals surface area contributed by atoms with E-state index in [4.69, 9.17) is 0 Å². The molecule has 0 radical (unpaired) electrons. The van der Waals surface area contributed by atoms with E-state index >= 15 is 0 Å². The Balaban J connectivity index is 1.02. The van der Waals surface area contributed by atoms with Crippen LogP contribution in [0.2, 0.25) is 0 Å². The maximum Gasteiger partial charge on any atom is 0.0159 e. The lowest BCUT2D eigenvalue weighted by Gasteiger charge is -2.24. The van der Waals surface area contributed by atoms with Crippen LogP contribution in [-0.2, 0) is 16.2 Å². The Kier molecular flexibility index (Phi) is 7.68. The largest absolute Gasteiger partial charge is 0.0619 e. The Hall–Kier alpha value is -7.54. The van der Waals surface area contributed by atoms with Gasteiger partial charge in [-0.2, -0.15) is 0 Å². The molecule has 0 spiro atoms. The lowest BCUT2D eigenvalue weighted by atomic mass is 9.79. The molecule has 0 fully saturated rings. The quantitative estimate of drug-likeness (QED) is 0.123. The predicted molar refractivity (Wildman–Crippen MR) is 285 cm³/mol. The maximum atomic E-state index is 2.52. The van der Waals surface area contributed by atoms with Gasteiger partial charge in [0.2, 0.25) is 0 Å². The van der Waals surface area contributed by atoms with Gasteiger partial charge in [0, 0.05) is 16.2 Å². The average Bonchev–Trinajstić information content (AvgIpc) is 3.84. The van der Waals surface area contributed by atoms with E-state index in [-0.39, 0.29) is 16.2 Å². The minimum atomic E-state index is -0.114. The second-order valence-electron chi connectivity index (χ2n) is 21.2. The van der Waals surface area contributed by atoms with Crippen molar-refractivity contribution in [3.8, 4) is 66.8 Å². The molecule has 11 aromatic rings. The van der Waals surface area contributed by atoms with Crippen LogP contribution >= 0.6 is 0 Å². The highest BCUT2D eigenvalue weighted by Crippen LogP contribution is 2.55. The summed E-state index contributed by atoms with van der Waals surface area (Å²) in [4.78, 5) is 0. The second kappa shape index (κ2) is 13.3. The molecule has 11 aromatic carbocycles. The van der Waals surface area contributed by atoms with E-state index in [0.717, 1.165) is 0 Å². The molecule has 318 valence electrons. The summed E-state index contributed by atoms with van der Waals surface area (Å²) in [6.45, 7) is 14.3. The zero-order valence-corrected chi connectivity index (χ0v) is 39.0. The molecule has 0 aliphatic heterocycles. The van der Waals surface area contributed by atoms with Crippen LogP contribution in [0.5, 0.6) is 0 Å². The summed E-state index contributed by atoms with van der Waals surface area (Å²) in [5.41, 5.74) is 23.9. The monoisotopic (exact) mass is 854 g/mol. The van der Waals surface area contributed by atoms with Crippen molar-refractivity contribution in [2.24, 2.45) is 0 Å². The molecular weight excluding hydrogens is 805 g/mol. The first kappa shape index (κ1) is 38.7. The molecule has 14 rings (SSSR count). The molecule has 3 aliphatic carbocycles. The third-order valence-electron chi connectivity index (χ3n) is 16.7. The fourth-order valence-electron chi connectivity index (χ4n) is 13.2. The number of hydrogen-bond acceptors (Lipinski definition) is 0. The molecule has 0 aromatic heterocycles. The van der Waals surface area contributed by atoms with Gasteiger partial charge in [-0.3, -0.25) is 0 Å². The summed E-state index contributed by atoms with van der Waals surface area (Å²) < 4.78 is 0. The number of hydrogen-bond donors (Lipinski definition) is 0. The molecule has 0 heteroatoms. The van der Waals surface area contributed by atoms with Crippen LogP contribution in [0.15, 0.2) is 194 Å². The number of benzene rings is 11. The Morgan fingerprint density at radius 2 is 0.612 bits per heavy atom. The molecule has 0 unspecified atom stereocenters. The first-order valence-corrected chi connectivity index (χ1v) is 24.1. The van der Waals surface area contributed by atoms with Crippen molar-refractivity contribution in [3.05, 3.63) is 228 Å². The third-order valence-corrected chi connectivity index (χ3v) is 16.7. The normalized spacial score (nSPS) is 15.4. The Morgan fingerprint density at radius 3 is 1.16 bits per heavy atom. The Labute approximate surface area is 393 Å². The van der Waals surface area contributed by atoms with Gasteiger partial charge in [0.25, 0.3) is 0 Å². The first-order chi connectivity index (χ1) is 32.5. The molecule has 0 saturated carbocycles. The minimum Gasteiger partial charge on any atom is -0.0619 e. The molecular formula is C67H50. The number of fused-ring (bicyclic) bond motifs is 15. The third kappa shape index (κ3) is 5.14. The summed E-state index contributed by atoms with van der Waals surface area (Å²) in [5, 5.41) is 10.3. The summed E-state index contributed by atoms with van der Waals surface area (Å²) in [6, 6.07) is 74.6. The van der Waals surface area contributed by atoms with E-state index in [2.05, 4.69) is 236 Å². The highest BCUT2D eigenvalue weighted by atomic mass is 14.4. The van der Waals surface area contributed by atoms with Crippen molar-refractivity contribution in [2.75, 3.05) is 0 Å². The standard InChI is InChI=1S/C67H50/c1-65(2)56-20-12-9-15-46(56)49-29-24-40(36-59(49)65)39-23-28-44-41(35-39)25-32-54-45(44)33-34-55-62(42-26-30-50-47-16-10-13-21-57(47)66(3,4)60(50)37-42)52-18-7-8-19-53(52)63(64(54)55)43-27-31-51-48-17-11-14-22-58(48)67(5,6)61(51)38-43/h7-38H,1-6H3. The van der Waals surface area contributed by atoms with Gasteiger partial charge in [-0.05, 0) is 167 Å². The van der Waals surface area contributed by atoms with E-state index < -0.39 is 0 Å². The van der Waals surface area contributed by atoms with Gasteiger partial charge < -0.3 is 0 Å². The van der Waals surface area contributed by atoms with Crippen molar-refractivity contribution >= 4 is 43.1 Å². The molecule has 0 bridgehead atoms. The van der Waals surface area contributed by atoms with E-state index in [0.29, 0.717) is 0 Å². The van der Waals surface area contributed by atoms with Crippen LogP contribution in [0.1, 0.15) is 74.9 Å². The molecule has 3 aliphatic rings. The van der Waals surface area contributed by atoms with E-state index in [1.807, 2.05) is 0 Å². The van der Waals surface area contributed by atoms with Crippen molar-refractivity contribution in [2.45, 2.75) is 57.8 Å². The molecule has 0 saturated heterocycles. The maximum absolute atomic E-state index is 2.52. The van der Waals surface area contributed by atoms with Crippen LogP contribution in [0, 0.1) is 0 Å². The van der Waals surface area contributed by atoms with Gasteiger partial charge in [0.05, 0.1) is 0 Å². The Bertz CT molecular complexity index is 4000. The van der Waals surface area contributed by atoms with Gasteiger partial charge >= 0.3 is 0 Å². The van der Waals surface area contributed by atoms with Gasteiger partial charge in [0.1, 0.15) is 0 Å². The summed E-state index contributed by atoms with van der Waals surface area (Å²) in [7, 11) is 0. The summed E-state index contributed by atoms with van der Waals surface area (Å²) >= 11 is 0. The van der Waals surface area contributed by atoms with Gasteiger partial charge in [-0.25, -0.2) is 0 Å². The average molecular weight is 855 g/mol. The second-order valence-corrected chi connectivity index (χ2v) is 21.2. The molecule has 0 amide bonds. The van der Waals surface area contributed by atoms with Crippen LogP contribution in [0.25, 0.3) is 110 Å². The van der Waals surface area contributed by atoms with Gasteiger partial charge in [-0.1, -0.05) is 211 Å². The highest BCUT2D eigenvalue weighted by Gasteiger charge is 2.38. The lowest BCUT2D eigenvalue weighted by molar-refractivity contribution is 0.660. The molecule has 0 N–H and O–H groups in total. The van der Waals surface area contributed by atoms with Crippen LogP contribution in [0.4, 0.5) is 0 Å². The van der Waals surface area contributed by atoms with Crippen LogP contribution in [-0.4, -0.2) is 0 Å². The topological polar surface area (TPSA) is 0 Å². The molecule has 0 heterocycles. The Morgan fingerprint density at radius 1 is 0.239 bits per heavy atom. The fraction of sp³-hybridized carbons (Fsp3) is 0.134. The van der Waals surface area contributed by atoms with Crippen LogP contribution < -0.4 is 0 Å². The summed E-state index contributed by atoms with van der Waals surface area (Å²) in [6.07, 6.45) is 0. The van der Waals surface area contributed by atoms with Crippen molar-refractivity contribution in [1.82, 2.24) is 0 Å². The van der Waals surface area contributed by atoms with E-state index in [1.165, 1.54) is 143 Å². The lowest BCUT2D eigenvalue weighted by Crippen LogP contribution is -2.15. The first-order valence-electron chi connectivity index (χ1n) is 24.1. The SMILES string of the molecule is CC1(C)c2ccccc2-c2ccc(-c3ccc4c(ccc5c4ccc4c(-c6ccc7c(c6)C(C)(C)c6ccccc6-7)c6ccccc6c(-c6ccc7c(c6)C(C)(C)c6ccccc6-7)c45)c3)cc21. The van der Waals surface area contributed by atoms with Gasteiger partial charge in [-0.15, -0.1) is 0 Å².